The Bertz CT molecular complexity index is 1340. The minimum Gasteiger partial charge on any atom is -0.454 e. The van der Waals surface area contributed by atoms with E-state index >= 15 is 0 Å². The van der Waals surface area contributed by atoms with Crippen LogP contribution >= 0.6 is 15.9 Å². The lowest BCUT2D eigenvalue weighted by Crippen LogP contribution is -2.45. The van der Waals surface area contributed by atoms with Gasteiger partial charge in [-0.1, -0.05) is 64.5 Å². The highest BCUT2D eigenvalue weighted by atomic mass is 79.9. The molecule has 0 radical (unpaired) electrons. The molecule has 2 bridgehead atoms. The summed E-state index contributed by atoms with van der Waals surface area (Å²) in [5.41, 5.74) is 4.82. The number of benzene rings is 3. The predicted molar refractivity (Wildman–Crippen MR) is 139 cm³/mol. The van der Waals surface area contributed by atoms with E-state index in [1.165, 1.54) is 6.92 Å². The Hall–Kier alpha value is -3.78. The number of hydrogen-bond acceptors (Lipinski definition) is 5. The van der Waals surface area contributed by atoms with E-state index in [9.17, 15) is 19.2 Å². The maximum Gasteiger partial charge on any atom is 0.329 e. The zero-order valence-corrected chi connectivity index (χ0v) is 21.5. The summed E-state index contributed by atoms with van der Waals surface area (Å²) in [5, 5.41) is 2.65. The SMILES string of the molecule is C[C@H](C(=O)OCC(=O)Nc1ccc(Br)cc1)N1C(=O)[C@@H]2C3c4ccccc4C(c4ccccc43)[C@@H]2C1=O. The number of likely N-dealkylation sites (tertiary alicyclic amines) is 1. The summed E-state index contributed by atoms with van der Waals surface area (Å²) in [6, 6.07) is 21.8. The number of hydrogen-bond donors (Lipinski definition) is 1. The number of carbonyl (C=O) groups is 4. The summed E-state index contributed by atoms with van der Waals surface area (Å²) in [7, 11) is 0. The summed E-state index contributed by atoms with van der Waals surface area (Å²) in [5.74, 6) is -3.67. The van der Waals surface area contributed by atoms with Crippen molar-refractivity contribution in [3.05, 3.63) is 99.5 Å². The van der Waals surface area contributed by atoms with Gasteiger partial charge in [-0.05, 0) is 53.4 Å². The predicted octanol–water partition coefficient (Wildman–Crippen LogP) is 4.21. The normalized spacial score (nSPS) is 23.7. The third-order valence-corrected chi connectivity index (χ3v) is 8.21. The Balaban J connectivity index is 1.21. The molecule has 8 heteroatoms. The van der Waals surface area contributed by atoms with Gasteiger partial charge in [0, 0.05) is 22.0 Å². The monoisotopic (exact) mass is 558 g/mol. The van der Waals surface area contributed by atoms with Crippen molar-refractivity contribution in [2.75, 3.05) is 11.9 Å². The van der Waals surface area contributed by atoms with Gasteiger partial charge >= 0.3 is 5.97 Å². The molecule has 7 nitrogen and oxygen atoms in total. The summed E-state index contributed by atoms with van der Waals surface area (Å²) in [6.07, 6.45) is 0. The van der Waals surface area contributed by atoms with Crippen LogP contribution in [0.25, 0.3) is 0 Å². The van der Waals surface area contributed by atoms with Crippen LogP contribution in [0.2, 0.25) is 0 Å². The lowest BCUT2D eigenvalue weighted by atomic mass is 9.55. The van der Waals surface area contributed by atoms with E-state index < -0.39 is 36.4 Å². The first-order chi connectivity index (χ1) is 17.9. The minimum absolute atomic E-state index is 0.247. The van der Waals surface area contributed by atoms with E-state index in [1.807, 2.05) is 48.5 Å². The second-order valence-corrected chi connectivity index (χ2v) is 10.6. The first-order valence-electron chi connectivity index (χ1n) is 12.1. The molecular formula is C29H23BrN2O5. The van der Waals surface area contributed by atoms with Crippen molar-refractivity contribution in [1.82, 2.24) is 4.90 Å². The van der Waals surface area contributed by atoms with Crippen molar-refractivity contribution in [2.24, 2.45) is 11.8 Å². The van der Waals surface area contributed by atoms with Gasteiger partial charge in [0.2, 0.25) is 11.8 Å². The van der Waals surface area contributed by atoms with Gasteiger partial charge in [0.05, 0.1) is 11.8 Å². The maximum absolute atomic E-state index is 13.7. The summed E-state index contributed by atoms with van der Waals surface area (Å²) in [6.45, 7) is 0.953. The van der Waals surface area contributed by atoms with E-state index in [0.29, 0.717) is 5.69 Å². The fraction of sp³-hybridized carbons (Fsp3) is 0.241. The van der Waals surface area contributed by atoms with Crippen LogP contribution in [0.4, 0.5) is 5.69 Å². The van der Waals surface area contributed by atoms with Crippen molar-refractivity contribution in [3.8, 4) is 0 Å². The Morgan fingerprint density at radius 2 is 1.30 bits per heavy atom. The first-order valence-corrected chi connectivity index (χ1v) is 12.9. The largest absolute Gasteiger partial charge is 0.454 e. The van der Waals surface area contributed by atoms with Crippen LogP contribution in [0.3, 0.4) is 0 Å². The van der Waals surface area contributed by atoms with Gasteiger partial charge in [-0.2, -0.15) is 0 Å². The van der Waals surface area contributed by atoms with Crippen LogP contribution in [0, 0.1) is 11.8 Å². The van der Waals surface area contributed by atoms with E-state index in [1.54, 1.807) is 24.3 Å². The van der Waals surface area contributed by atoms with Crippen molar-refractivity contribution in [1.29, 1.82) is 0 Å². The van der Waals surface area contributed by atoms with Gasteiger partial charge in [-0.3, -0.25) is 19.3 Å². The lowest BCUT2D eigenvalue weighted by Gasteiger charge is -2.45. The number of nitrogens with zero attached hydrogens (tertiary/aromatic N) is 1. The molecule has 1 N–H and O–H groups in total. The molecule has 37 heavy (non-hydrogen) atoms. The topological polar surface area (TPSA) is 92.8 Å². The van der Waals surface area contributed by atoms with E-state index in [4.69, 9.17) is 4.74 Å². The molecule has 1 fully saturated rings. The highest BCUT2D eigenvalue weighted by molar-refractivity contribution is 9.10. The van der Waals surface area contributed by atoms with Crippen molar-refractivity contribution < 1.29 is 23.9 Å². The van der Waals surface area contributed by atoms with Crippen LogP contribution in [-0.2, 0) is 23.9 Å². The van der Waals surface area contributed by atoms with Gasteiger partial charge in [0.15, 0.2) is 6.61 Å². The standard InChI is InChI=1S/C29H23BrN2O5/c1-15(29(36)37-14-22(33)31-17-12-10-16(30)11-13-17)32-27(34)25-23-18-6-2-3-7-19(18)24(26(25)28(32)35)21-9-5-4-8-20(21)23/h2-13,15,23-26H,14H2,1H3,(H,31,33)/t15-,23?,24?,25-,26+/m1/s1. The summed E-state index contributed by atoms with van der Waals surface area (Å²) >= 11 is 3.33. The van der Waals surface area contributed by atoms with E-state index in [2.05, 4.69) is 21.2 Å². The van der Waals surface area contributed by atoms with E-state index in [-0.39, 0.29) is 23.7 Å². The van der Waals surface area contributed by atoms with Crippen LogP contribution in [0.5, 0.6) is 0 Å². The highest BCUT2D eigenvalue weighted by Crippen LogP contribution is 2.61. The number of anilines is 1. The summed E-state index contributed by atoms with van der Waals surface area (Å²) < 4.78 is 6.08. The second-order valence-electron chi connectivity index (χ2n) is 9.65. The summed E-state index contributed by atoms with van der Waals surface area (Å²) in [4.78, 5) is 53.7. The Morgan fingerprint density at radius 3 is 1.76 bits per heavy atom. The quantitative estimate of drug-likeness (QED) is 0.374. The van der Waals surface area contributed by atoms with Gasteiger partial charge in [-0.25, -0.2) is 4.79 Å². The molecule has 3 amide bonds. The molecular weight excluding hydrogens is 536 g/mol. The van der Waals surface area contributed by atoms with Crippen molar-refractivity contribution in [3.63, 3.8) is 0 Å². The number of halogens is 1. The van der Waals surface area contributed by atoms with Gasteiger partial charge in [-0.15, -0.1) is 0 Å². The maximum atomic E-state index is 13.7. The molecule has 186 valence electrons. The zero-order valence-electron chi connectivity index (χ0n) is 19.9. The molecule has 0 aromatic heterocycles. The molecule has 7 rings (SSSR count). The molecule has 1 heterocycles. The average molecular weight is 559 g/mol. The van der Waals surface area contributed by atoms with Crippen molar-refractivity contribution in [2.45, 2.75) is 24.8 Å². The third-order valence-electron chi connectivity index (χ3n) is 7.68. The van der Waals surface area contributed by atoms with Gasteiger partial charge in [0.25, 0.3) is 5.91 Å². The highest BCUT2D eigenvalue weighted by Gasteiger charge is 2.62. The molecule has 3 aromatic carbocycles. The smallest absolute Gasteiger partial charge is 0.329 e. The third kappa shape index (κ3) is 3.70. The fourth-order valence-corrected chi connectivity index (χ4v) is 6.44. The molecule has 1 saturated heterocycles. The number of rotatable bonds is 5. The van der Waals surface area contributed by atoms with Crippen molar-refractivity contribution >= 4 is 45.3 Å². The Labute approximate surface area is 221 Å². The van der Waals surface area contributed by atoms with Crippen LogP contribution < -0.4 is 5.32 Å². The zero-order chi connectivity index (χ0) is 25.8. The molecule has 3 atom stereocenters. The molecule has 4 aliphatic rings. The number of carbonyl (C=O) groups excluding carboxylic acids is 4. The van der Waals surface area contributed by atoms with Gasteiger partial charge in [0.1, 0.15) is 6.04 Å². The molecule has 0 saturated carbocycles. The molecule has 0 spiro atoms. The average Bonchev–Trinajstić information content (AvgIpc) is 3.18. The van der Waals surface area contributed by atoms with E-state index in [0.717, 1.165) is 31.6 Å². The van der Waals surface area contributed by atoms with Gasteiger partial charge < -0.3 is 10.1 Å². The van der Waals surface area contributed by atoms with Crippen LogP contribution in [0.1, 0.15) is 41.0 Å². The number of esters is 1. The molecule has 1 aliphatic heterocycles. The number of ether oxygens (including phenoxy) is 1. The second kappa shape index (κ2) is 8.95. The number of nitrogens with one attached hydrogen (secondary N) is 1. The lowest BCUT2D eigenvalue weighted by molar-refractivity contribution is -0.159. The van der Waals surface area contributed by atoms with Crippen LogP contribution in [0.15, 0.2) is 77.3 Å². The number of imide groups is 1. The number of amides is 3. The Kier molecular flexibility index (Phi) is 5.71. The van der Waals surface area contributed by atoms with Crippen LogP contribution in [-0.4, -0.2) is 41.2 Å². The first kappa shape index (κ1) is 23.6. The minimum atomic E-state index is -1.14. The fourth-order valence-electron chi connectivity index (χ4n) is 6.18. The molecule has 3 aromatic rings. The molecule has 3 aliphatic carbocycles. The Morgan fingerprint density at radius 1 is 0.838 bits per heavy atom. The molecule has 0 unspecified atom stereocenters.